The summed E-state index contributed by atoms with van der Waals surface area (Å²) < 4.78 is 6.00. The van der Waals surface area contributed by atoms with Crippen LogP contribution >= 0.6 is 0 Å². The summed E-state index contributed by atoms with van der Waals surface area (Å²) in [7, 11) is 3.85. The highest BCUT2D eigenvalue weighted by Gasteiger charge is 2.59. The van der Waals surface area contributed by atoms with Gasteiger partial charge in [0.25, 0.3) is 0 Å². The zero-order valence-electron chi connectivity index (χ0n) is 19.9. The van der Waals surface area contributed by atoms with Crippen molar-refractivity contribution in [3.05, 3.63) is 35.9 Å². The third kappa shape index (κ3) is 3.49. The van der Waals surface area contributed by atoms with Crippen molar-refractivity contribution in [3.63, 3.8) is 0 Å². The van der Waals surface area contributed by atoms with E-state index < -0.39 is 41.9 Å². The lowest BCUT2D eigenvalue weighted by molar-refractivity contribution is -0.183. The first-order valence-corrected chi connectivity index (χ1v) is 12.4. The van der Waals surface area contributed by atoms with Gasteiger partial charge >= 0.3 is 11.9 Å². The summed E-state index contributed by atoms with van der Waals surface area (Å²) in [6.07, 6.45) is 1.13. The van der Waals surface area contributed by atoms with Crippen molar-refractivity contribution in [3.8, 4) is 0 Å². The topological polar surface area (TPSA) is 107 Å². The van der Waals surface area contributed by atoms with Crippen molar-refractivity contribution in [1.29, 1.82) is 0 Å². The molecule has 0 radical (unpaired) electrons. The Morgan fingerprint density at radius 1 is 0.853 bits per heavy atom. The van der Waals surface area contributed by atoms with E-state index in [1.54, 1.807) is 24.3 Å². The number of rotatable bonds is 5. The fourth-order valence-corrected chi connectivity index (χ4v) is 7.49. The Bertz CT molecular complexity index is 969. The van der Waals surface area contributed by atoms with Crippen molar-refractivity contribution in [2.75, 3.05) is 14.1 Å². The molecule has 8 heteroatoms. The summed E-state index contributed by atoms with van der Waals surface area (Å²) in [4.78, 5) is 43.4. The van der Waals surface area contributed by atoms with Crippen LogP contribution in [0, 0.1) is 23.7 Å². The fourth-order valence-electron chi connectivity index (χ4n) is 7.49. The molecular weight excluding hydrogens is 436 g/mol. The van der Waals surface area contributed by atoms with Crippen LogP contribution in [0.25, 0.3) is 0 Å². The highest BCUT2D eigenvalue weighted by Crippen LogP contribution is 2.46. The summed E-state index contributed by atoms with van der Waals surface area (Å²) in [6, 6.07) is 8.51. The number of benzene rings is 1. The Balaban J connectivity index is 1.42. The number of carbonyl (C=O) groups excluding carboxylic acids is 2. The smallest absolute Gasteiger partial charge is 0.313 e. The van der Waals surface area contributed by atoms with Gasteiger partial charge in [0.2, 0.25) is 0 Å². The minimum atomic E-state index is -1.17. The minimum absolute atomic E-state index is 0.134. The molecule has 5 rings (SSSR count). The van der Waals surface area contributed by atoms with Crippen LogP contribution in [-0.2, 0) is 14.3 Å². The number of hydrogen-bond donors (Lipinski definition) is 2. The van der Waals surface area contributed by atoms with Crippen LogP contribution in [-0.4, -0.2) is 88.2 Å². The van der Waals surface area contributed by atoms with E-state index in [-0.39, 0.29) is 35.9 Å². The SMILES string of the molecule is CC1[C@H](OC(=O)[C@@H]2[C@H]3CC[C@@H](C(C(=O)c4ccccc4)[C@@H]2O)N3C)[C@H](C(=O)O)[C@H]2CC[C@@H]1N2C. The molecule has 4 bridgehead atoms. The van der Waals surface area contributed by atoms with Crippen LogP contribution in [0.5, 0.6) is 0 Å². The molecular formula is C26H34N2O6. The molecule has 0 aliphatic carbocycles. The van der Waals surface area contributed by atoms with E-state index in [9.17, 15) is 24.6 Å². The Labute approximate surface area is 199 Å². The van der Waals surface area contributed by atoms with Gasteiger partial charge in [-0.2, -0.15) is 0 Å². The summed E-state index contributed by atoms with van der Waals surface area (Å²) in [6.45, 7) is 1.95. The molecule has 4 aliphatic rings. The molecule has 4 aliphatic heterocycles. The predicted molar refractivity (Wildman–Crippen MR) is 123 cm³/mol. The van der Waals surface area contributed by atoms with E-state index in [1.165, 1.54) is 0 Å². The van der Waals surface area contributed by atoms with Gasteiger partial charge < -0.3 is 14.9 Å². The number of ketones is 1. The molecule has 1 aromatic carbocycles. The third-order valence-electron chi connectivity index (χ3n) is 9.24. The molecule has 10 atom stereocenters. The first-order valence-electron chi connectivity index (χ1n) is 12.4. The number of carboxylic acid groups (broad SMARTS) is 1. The monoisotopic (exact) mass is 470 g/mol. The van der Waals surface area contributed by atoms with Gasteiger partial charge in [0.05, 0.1) is 17.9 Å². The molecule has 1 aromatic rings. The van der Waals surface area contributed by atoms with Gasteiger partial charge in [-0.15, -0.1) is 0 Å². The molecule has 0 spiro atoms. The number of fused-ring (bicyclic) bond motifs is 4. The Morgan fingerprint density at radius 3 is 2.00 bits per heavy atom. The number of aliphatic hydroxyl groups is 1. The van der Waals surface area contributed by atoms with E-state index in [0.717, 1.165) is 19.3 Å². The number of aliphatic carboxylic acids is 1. The standard InChI is InChI=1S/C26H34N2O6/c1-13-15-9-10-18(27(15)2)21(25(31)32)24(13)34-26(33)20-17-12-11-16(28(17)3)19(23(20)30)22(29)14-7-5-4-6-8-14/h4-8,13,15-21,23-24,30H,9-12H2,1-3H3,(H,31,32)/t13?,15-,16-,17+,18+,19?,20+,21+,23-,24-/m0/s1. The zero-order valence-corrected chi connectivity index (χ0v) is 19.9. The molecule has 2 N–H and O–H groups in total. The van der Waals surface area contributed by atoms with E-state index in [1.807, 2.05) is 32.0 Å². The van der Waals surface area contributed by atoms with E-state index in [2.05, 4.69) is 4.90 Å². The molecule has 0 saturated carbocycles. The number of piperidine rings is 2. The maximum absolute atomic E-state index is 13.6. The van der Waals surface area contributed by atoms with E-state index >= 15 is 0 Å². The average molecular weight is 471 g/mol. The van der Waals surface area contributed by atoms with Crippen molar-refractivity contribution in [2.24, 2.45) is 23.7 Å². The second-order valence-electron chi connectivity index (χ2n) is 10.7. The molecule has 4 fully saturated rings. The molecule has 4 heterocycles. The lowest BCUT2D eigenvalue weighted by Crippen LogP contribution is -2.61. The van der Waals surface area contributed by atoms with Gasteiger partial charge in [-0.3, -0.25) is 24.2 Å². The Hall–Kier alpha value is -2.29. The van der Waals surface area contributed by atoms with Crippen molar-refractivity contribution in [2.45, 2.75) is 69.0 Å². The first kappa shape index (κ1) is 23.5. The van der Waals surface area contributed by atoms with Crippen molar-refractivity contribution in [1.82, 2.24) is 9.80 Å². The Kier molecular flexibility index (Phi) is 6.02. The number of carboxylic acids is 1. The number of Topliss-reactive ketones (excluding diaryl/α,β-unsaturated/α-hetero) is 1. The maximum Gasteiger partial charge on any atom is 0.313 e. The summed E-state index contributed by atoms with van der Waals surface area (Å²) in [5, 5.41) is 21.4. The molecule has 8 nitrogen and oxygen atoms in total. The van der Waals surface area contributed by atoms with Gasteiger partial charge in [-0.25, -0.2) is 0 Å². The summed E-state index contributed by atoms with van der Waals surface area (Å²) >= 11 is 0. The second-order valence-corrected chi connectivity index (χ2v) is 10.7. The van der Waals surface area contributed by atoms with Crippen molar-refractivity contribution >= 4 is 17.7 Å². The van der Waals surface area contributed by atoms with Gasteiger partial charge in [-0.1, -0.05) is 37.3 Å². The van der Waals surface area contributed by atoms with Crippen molar-refractivity contribution < 1.29 is 29.3 Å². The molecule has 0 aromatic heterocycles. The molecule has 184 valence electrons. The van der Waals surface area contributed by atoms with Gasteiger partial charge in [0.15, 0.2) is 5.78 Å². The number of aliphatic hydroxyl groups excluding tert-OH is 1. The quantitative estimate of drug-likeness (QED) is 0.494. The van der Waals surface area contributed by atoms with Gasteiger partial charge in [0.1, 0.15) is 12.0 Å². The van der Waals surface area contributed by atoms with Crippen LogP contribution in [0.2, 0.25) is 0 Å². The summed E-state index contributed by atoms with van der Waals surface area (Å²) in [5.74, 6) is -4.27. The van der Waals surface area contributed by atoms with Crippen LogP contribution < -0.4 is 0 Å². The zero-order chi connectivity index (χ0) is 24.3. The molecule has 34 heavy (non-hydrogen) atoms. The lowest BCUT2D eigenvalue weighted by Gasteiger charge is -2.47. The van der Waals surface area contributed by atoms with Crippen LogP contribution in [0.15, 0.2) is 30.3 Å². The van der Waals surface area contributed by atoms with Crippen LogP contribution in [0.4, 0.5) is 0 Å². The van der Waals surface area contributed by atoms with Gasteiger partial charge in [-0.05, 0) is 39.8 Å². The highest BCUT2D eigenvalue weighted by atomic mass is 16.5. The second kappa shape index (κ2) is 8.73. The maximum atomic E-state index is 13.6. The van der Waals surface area contributed by atoms with E-state index in [4.69, 9.17) is 4.74 Å². The molecule has 4 saturated heterocycles. The fraction of sp³-hybridized carbons (Fsp3) is 0.654. The average Bonchev–Trinajstić information content (AvgIpc) is 3.25. The lowest BCUT2D eigenvalue weighted by atomic mass is 9.76. The van der Waals surface area contributed by atoms with E-state index in [0.29, 0.717) is 12.0 Å². The third-order valence-corrected chi connectivity index (χ3v) is 9.24. The minimum Gasteiger partial charge on any atom is -0.481 e. The number of nitrogens with zero attached hydrogens (tertiary/aromatic N) is 2. The number of esters is 1. The summed E-state index contributed by atoms with van der Waals surface area (Å²) in [5.41, 5.74) is 0.517. The predicted octanol–water partition coefficient (Wildman–Crippen LogP) is 1.66. The Morgan fingerprint density at radius 2 is 1.38 bits per heavy atom. The number of hydrogen-bond acceptors (Lipinski definition) is 7. The highest BCUT2D eigenvalue weighted by molar-refractivity contribution is 5.99. The van der Waals surface area contributed by atoms with Gasteiger partial charge in [0, 0.05) is 35.6 Å². The number of carbonyl (C=O) groups is 3. The largest absolute Gasteiger partial charge is 0.481 e. The molecule has 0 amide bonds. The number of ether oxygens (including phenoxy) is 1. The normalized spacial score (nSPS) is 41.9. The van der Waals surface area contributed by atoms with Crippen LogP contribution in [0.3, 0.4) is 0 Å². The molecule has 2 unspecified atom stereocenters. The first-order chi connectivity index (χ1) is 16.2. The van der Waals surface area contributed by atoms with Crippen LogP contribution in [0.1, 0.15) is 43.0 Å².